The molecular formula is C11H16N2O. The predicted octanol–water partition coefficient (Wildman–Crippen LogP) is 2.49. The van der Waals surface area contributed by atoms with E-state index in [0.29, 0.717) is 12.4 Å². The number of ether oxygens (including phenoxy) is 1. The first-order valence-electron chi connectivity index (χ1n) is 4.74. The minimum atomic E-state index is 0.457. The normalized spacial score (nSPS) is 9.79. The van der Waals surface area contributed by atoms with Gasteiger partial charge in [-0.25, -0.2) is 4.98 Å². The molecule has 1 aromatic rings. The van der Waals surface area contributed by atoms with Crippen LogP contribution in [0.25, 0.3) is 0 Å². The monoisotopic (exact) mass is 192 g/mol. The first-order chi connectivity index (χ1) is 6.74. The number of pyridine rings is 1. The van der Waals surface area contributed by atoms with E-state index in [0.717, 1.165) is 24.2 Å². The van der Waals surface area contributed by atoms with Crippen LogP contribution in [0.1, 0.15) is 25.3 Å². The first-order valence-corrected chi connectivity index (χ1v) is 4.74. The van der Waals surface area contributed by atoms with Crippen molar-refractivity contribution in [3.8, 4) is 0 Å². The second kappa shape index (κ2) is 5.27. The number of aromatic nitrogens is 1. The van der Waals surface area contributed by atoms with Gasteiger partial charge in [0.25, 0.3) is 0 Å². The van der Waals surface area contributed by atoms with Crippen LogP contribution >= 0.6 is 0 Å². The van der Waals surface area contributed by atoms with Crippen molar-refractivity contribution in [3.63, 3.8) is 0 Å². The third-order valence-corrected chi connectivity index (χ3v) is 1.89. The molecule has 14 heavy (non-hydrogen) atoms. The fourth-order valence-electron chi connectivity index (χ4n) is 1.10. The lowest BCUT2D eigenvalue weighted by molar-refractivity contribution is 0.190. The maximum Gasteiger partial charge on any atom is 0.129 e. The van der Waals surface area contributed by atoms with Gasteiger partial charge in [-0.15, -0.1) is 0 Å². The number of hydrogen-bond acceptors (Lipinski definition) is 3. The van der Waals surface area contributed by atoms with Crippen molar-refractivity contribution in [2.45, 2.75) is 26.4 Å². The summed E-state index contributed by atoms with van der Waals surface area (Å²) in [4.78, 5) is 3.97. The Kier molecular flexibility index (Phi) is 3.98. The van der Waals surface area contributed by atoms with Gasteiger partial charge in [-0.3, -0.25) is 0 Å². The highest BCUT2D eigenvalue weighted by Crippen LogP contribution is 2.12. The molecule has 0 aromatic carbocycles. The Balaban J connectivity index is 2.46. The number of rotatable bonds is 5. The van der Waals surface area contributed by atoms with E-state index in [-0.39, 0.29) is 0 Å². The minimum Gasteiger partial charge on any atom is -0.494 e. The molecular weight excluding hydrogens is 176 g/mol. The van der Waals surface area contributed by atoms with Gasteiger partial charge in [0, 0.05) is 18.2 Å². The van der Waals surface area contributed by atoms with Crippen LogP contribution in [-0.4, -0.2) is 4.98 Å². The molecule has 0 amide bonds. The molecule has 0 aliphatic rings. The highest BCUT2D eigenvalue weighted by Gasteiger charge is 2.00. The third kappa shape index (κ3) is 3.09. The molecule has 0 saturated heterocycles. The van der Waals surface area contributed by atoms with Crippen molar-refractivity contribution in [1.29, 1.82) is 0 Å². The van der Waals surface area contributed by atoms with Crippen LogP contribution in [0.15, 0.2) is 30.7 Å². The quantitative estimate of drug-likeness (QED) is 0.729. The zero-order chi connectivity index (χ0) is 10.4. The van der Waals surface area contributed by atoms with Gasteiger partial charge in [0.1, 0.15) is 12.4 Å². The molecule has 1 aromatic heterocycles. The first kappa shape index (κ1) is 10.6. The van der Waals surface area contributed by atoms with Crippen LogP contribution < -0.4 is 5.73 Å². The summed E-state index contributed by atoms with van der Waals surface area (Å²) in [5.74, 6) is 1.33. The molecule has 76 valence electrons. The maximum atomic E-state index is 5.66. The van der Waals surface area contributed by atoms with Crippen molar-refractivity contribution in [3.05, 3.63) is 36.2 Å². The number of nitrogen functional groups attached to an aromatic ring is 1. The molecule has 1 heterocycles. The van der Waals surface area contributed by atoms with Crippen LogP contribution in [0.2, 0.25) is 0 Å². The van der Waals surface area contributed by atoms with E-state index in [2.05, 4.69) is 18.5 Å². The van der Waals surface area contributed by atoms with Crippen LogP contribution in [0, 0.1) is 0 Å². The van der Waals surface area contributed by atoms with Crippen LogP contribution in [0.5, 0.6) is 0 Å². The molecule has 0 fully saturated rings. The van der Waals surface area contributed by atoms with Gasteiger partial charge in [0.2, 0.25) is 0 Å². The summed E-state index contributed by atoms with van der Waals surface area (Å²) in [6.07, 6.45) is 3.60. The summed E-state index contributed by atoms with van der Waals surface area (Å²) in [5.41, 5.74) is 6.57. The van der Waals surface area contributed by atoms with Crippen LogP contribution in [-0.2, 0) is 11.3 Å². The molecule has 0 atom stereocenters. The van der Waals surface area contributed by atoms with Gasteiger partial charge >= 0.3 is 0 Å². The lowest BCUT2D eigenvalue weighted by atomic mass is 10.2. The zero-order valence-electron chi connectivity index (χ0n) is 8.49. The Bertz CT molecular complexity index is 310. The SMILES string of the molecule is C=C(CCC)OCc1cccnc1N. The van der Waals surface area contributed by atoms with Crippen LogP contribution in [0.3, 0.4) is 0 Å². The van der Waals surface area contributed by atoms with E-state index in [1.165, 1.54) is 0 Å². The fraction of sp³-hybridized carbons (Fsp3) is 0.364. The third-order valence-electron chi connectivity index (χ3n) is 1.89. The Hall–Kier alpha value is -1.51. The zero-order valence-corrected chi connectivity index (χ0v) is 8.49. The highest BCUT2D eigenvalue weighted by molar-refractivity contribution is 5.37. The minimum absolute atomic E-state index is 0.457. The van der Waals surface area contributed by atoms with Crippen LogP contribution in [0.4, 0.5) is 5.82 Å². The number of nitrogens with two attached hydrogens (primary N) is 1. The van der Waals surface area contributed by atoms with E-state index in [1.807, 2.05) is 12.1 Å². The standard InChI is InChI=1S/C11H16N2O/c1-3-5-9(2)14-8-10-6-4-7-13-11(10)12/h4,6-7H,2-3,5,8H2,1H3,(H2,12,13). The lowest BCUT2D eigenvalue weighted by Crippen LogP contribution is -1.99. The van der Waals surface area contributed by atoms with Gasteiger partial charge in [-0.2, -0.15) is 0 Å². The van der Waals surface area contributed by atoms with Gasteiger partial charge in [0.05, 0.1) is 5.76 Å². The summed E-state index contributed by atoms with van der Waals surface area (Å²) >= 11 is 0. The molecule has 3 nitrogen and oxygen atoms in total. The topological polar surface area (TPSA) is 48.1 Å². The largest absolute Gasteiger partial charge is 0.494 e. The molecule has 0 aliphatic heterocycles. The van der Waals surface area contributed by atoms with Gasteiger partial charge in [-0.1, -0.05) is 19.6 Å². The summed E-state index contributed by atoms with van der Waals surface area (Å²) < 4.78 is 5.43. The van der Waals surface area contributed by atoms with Crippen molar-refractivity contribution in [1.82, 2.24) is 4.98 Å². The summed E-state index contributed by atoms with van der Waals surface area (Å²) in [6, 6.07) is 3.75. The second-order valence-corrected chi connectivity index (χ2v) is 3.13. The average molecular weight is 192 g/mol. The van der Waals surface area contributed by atoms with Gasteiger partial charge in [0.15, 0.2) is 0 Å². The smallest absolute Gasteiger partial charge is 0.129 e. The Morgan fingerprint density at radius 2 is 2.43 bits per heavy atom. The molecule has 0 unspecified atom stereocenters. The van der Waals surface area contributed by atoms with Crippen molar-refractivity contribution >= 4 is 5.82 Å². The summed E-state index contributed by atoms with van der Waals surface area (Å²) in [6.45, 7) is 6.35. The van der Waals surface area contributed by atoms with Crippen molar-refractivity contribution < 1.29 is 4.74 Å². The molecule has 0 spiro atoms. The number of anilines is 1. The molecule has 0 bridgehead atoms. The highest BCUT2D eigenvalue weighted by atomic mass is 16.5. The van der Waals surface area contributed by atoms with Gasteiger partial charge in [-0.05, 0) is 12.5 Å². The maximum absolute atomic E-state index is 5.66. The van der Waals surface area contributed by atoms with E-state index in [1.54, 1.807) is 6.20 Å². The molecule has 2 N–H and O–H groups in total. The molecule has 0 saturated carbocycles. The van der Waals surface area contributed by atoms with Crippen molar-refractivity contribution in [2.75, 3.05) is 5.73 Å². The number of hydrogen-bond donors (Lipinski definition) is 1. The molecule has 0 radical (unpaired) electrons. The van der Waals surface area contributed by atoms with E-state index < -0.39 is 0 Å². The molecule has 0 aliphatic carbocycles. The second-order valence-electron chi connectivity index (χ2n) is 3.13. The lowest BCUT2D eigenvalue weighted by Gasteiger charge is -2.08. The summed E-state index contributed by atoms with van der Waals surface area (Å²) in [7, 11) is 0. The average Bonchev–Trinajstić information content (AvgIpc) is 2.17. The van der Waals surface area contributed by atoms with E-state index >= 15 is 0 Å². The van der Waals surface area contributed by atoms with E-state index in [4.69, 9.17) is 10.5 Å². The number of allylic oxidation sites excluding steroid dienone is 1. The van der Waals surface area contributed by atoms with Gasteiger partial charge < -0.3 is 10.5 Å². The predicted molar refractivity (Wildman–Crippen MR) is 57.5 cm³/mol. The summed E-state index contributed by atoms with van der Waals surface area (Å²) in [5, 5.41) is 0. The number of nitrogens with zero attached hydrogens (tertiary/aromatic N) is 1. The fourth-order valence-corrected chi connectivity index (χ4v) is 1.10. The Morgan fingerprint density at radius 1 is 1.64 bits per heavy atom. The molecule has 1 rings (SSSR count). The van der Waals surface area contributed by atoms with Crippen molar-refractivity contribution in [2.24, 2.45) is 0 Å². The van der Waals surface area contributed by atoms with E-state index in [9.17, 15) is 0 Å². The Morgan fingerprint density at radius 3 is 3.07 bits per heavy atom. The molecule has 3 heteroatoms. The Labute approximate surface area is 84.6 Å².